The molecule has 0 aliphatic carbocycles. The summed E-state index contributed by atoms with van der Waals surface area (Å²) in [6.45, 7) is 4.22. The molecule has 0 aliphatic rings. The number of nitrogens with one attached hydrogen (secondary N) is 2. The van der Waals surface area contributed by atoms with Gasteiger partial charge >= 0.3 is 0 Å². The second-order valence-electron chi connectivity index (χ2n) is 4.83. The average molecular weight is 338 g/mol. The molecular weight excluding hydrogens is 320 g/mol. The molecular formula is C15H18N2O3S2. The number of carbonyl (C=O) groups excluding carboxylic acids is 1. The van der Waals surface area contributed by atoms with Crippen molar-refractivity contribution in [2.45, 2.75) is 18.1 Å². The number of hydrogen-bond acceptors (Lipinski definition) is 4. The molecule has 7 heteroatoms. The molecule has 0 saturated heterocycles. The second kappa shape index (κ2) is 7.04. The van der Waals surface area contributed by atoms with Gasteiger partial charge in [0.05, 0.1) is 0 Å². The van der Waals surface area contributed by atoms with Gasteiger partial charge in [0.25, 0.3) is 5.91 Å². The molecule has 0 bridgehead atoms. The molecule has 1 aromatic heterocycles. The van der Waals surface area contributed by atoms with Crippen LogP contribution in [0, 0.1) is 13.8 Å². The van der Waals surface area contributed by atoms with Crippen molar-refractivity contribution >= 4 is 27.3 Å². The number of amides is 1. The van der Waals surface area contributed by atoms with E-state index in [-0.39, 0.29) is 23.2 Å². The Bertz CT molecular complexity index is 753. The van der Waals surface area contributed by atoms with E-state index in [2.05, 4.69) is 10.0 Å². The van der Waals surface area contributed by atoms with E-state index in [1.165, 1.54) is 0 Å². The van der Waals surface area contributed by atoms with Crippen LogP contribution in [0.25, 0.3) is 0 Å². The summed E-state index contributed by atoms with van der Waals surface area (Å²) in [5.41, 5.74) is 2.59. The predicted octanol–water partition coefficient (Wildman–Crippen LogP) is 2.07. The van der Waals surface area contributed by atoms with Crippen LogP contribution >= 0.6 is 11.3 Å². The number of rotatable bonds is 6. The van der Waals surface area contributed by atoms with E-state index in [0.717, 1.165) is 22.5 Å². The lowest BCUT2D eigenvalue weighted by Crippen LogP contribution is -2.34. The minimum absolute atomic E-state index is 0.150. The van der Waals surface area contributed by atoms with Crippen molar-refractivity contribution < 1.29 is 13.2 Å². The number of carbonyl (C=O) groups is 1. The van der Waals surface area contributed by atoms with Crippen molar-refractivity contribution in [2.75, 3.05) is 13.1 Å². The third-order valence-corrected chi connectivity index (χ3v) is 6.17. The van der Waals surface area contributed by atoms with Gasteiger partial charge in [-0.1, -0.05) is 18.2 Å². The molecule has 0 aliphatic heterocycles. The molecule has 1 heterocycles. The molecule has 1 amide bonds. The van der Waals surface area contributed by atoms with E-state index < -0.39 is 10.0 Å². The third kappa shape index (κ3) is 3.94. The van der Waals surface area contributed by atoms with E-state index in [9.17, 15) is 13.2 Å². The number of aryl methyl sites for hydroxylation is 1. The van der Waals surface area contributed by atoms with Gasteiger partial charge in [-0.25, -0.2) is 13.1 Å². The Morgan fingerprint density at radius 2 is 1.91 bits per heavy atom. The fraction of sp³-hybridized carbons (Fsp3) is 0.267. The van der Waals surface area contributed by atoms with Crippen LogP contribution in [0.1, 0.15) is 21.5 Å². The molecule has 1 aromatic carbocycles. The number of hydrogen-bond donors (Lipinski definition) is 2. The SMILES string of the molecule is Cc1cccc(C(=O)NCCNS(=O)(=O)c2cccs2)c1C. The maximum atomic E-state index is 12.1. The quantitative estimate of drug-likeness (QED) is 0.792. The highest BCUT2D eigenvalue weighted by Gasteiger charge is 2.14. The van der Waals surface area contributed by atoms with Crippen molar-refractivity contribution in [1.29, 1.82) is 0 Å². The van der Waals surface area contributed by atoms with Gasteiger partial charge < -0.3 is 5.32 Å². The normalized spacial score (nSPS) is 11.4. The summed E-state index contributed by atoms with van der Waals surface area (Å²) in [7, 11) is -3.48. The van der Waals surface area contributed by atoms with Gasteiger partial charge in [0.1, 0.15) is 4.21 Å². The molecule has 2 rings (SSSR count). The zero-order chi connectivity index (χ0) is 16.2. The maximum absolute atomic E-state index is 12.1. The van der Waals surface area contributed by atoms with E-state index >= 15 is 0 Å². The summed E-state index contributed by atoms with van der Waals surface area (Å²) in [6.07, 6.45) is 0. The molecule has 118 valence electrons. The van der Waals surface area contributed by atoms with Gasteiger partial charge in [-0.05, 0) is 42.5 Å². The Hall–Kier alpha value is -1.70. The highest BCUT2D eigenvalue weighted by atomic mass is 32.2. The fourth-order valence-electron chi connectivity index (χ4n) is 1.94. The molecule has 2 N–H and O–H groups in total. The van der Waals surface area contributed by atoms with Gasteiger partial charge in [0, 0.05) is 18.7 Å². The van der Waals surface area contributed by atoms with E-state index in [1.54, 1.807) is 23.6 Å². The van der Waals surface area contributed by atoms with Crippen LogP contribution in [-0.2, 0) is 10.0 Å². The molecule has 5 nitrogen and oxygen atoms in total. The third-order valence-electron chi connectivity index (χ3n) is 3.31. The molecule has 0 spiro atoms. The van der Waals surface area contributed by atoms with Crippen molar-refractivity contribution in [3.63, 3.8) is 0 Å². The Labute approximate surface area is 134 Å². The summed E-state index contributed by atoms with van der Waals surface area (Å²) in [5, 5.41) is 4.43. The Kier molecular flexibility index (Phi) is 5.33. The minimum atomic E-state index is -3.48. The standard InChI is InChI=1S/C15H18N2O3S2/c1-11-5-3-6-13(12(11)2)15(18)16-8-9-17-22(19,20)14-7-4-10-21-14/h3-7,10,17H,8-9H2,1-2H3,(H,16,18). The lowest BCUT2D eigenvalue weighted by atomic mass is 10.0. The Morgan fingerprint density at radius 1 is 1.14 bits per heavy atom. The Balaban J connectivity index is 1.87. The van der Waals surface area contributed by atoms with Crippen molar-refractivity contribution in [1.82, 2.24) is 10.0 Å². The number of thiophene rings is 1. The molecule has 0 fully saturated rings. The fourth-order valence-corrected chi connectivity index (χ4v) is 4.01. The van der Waals surface area contributed by atoms with Gasteiger partial charge in [-0.15, -0.1) is 11.3 Å². The van der Waals surface area contributed by atoms with E-state index in [4.69, 9.17) is 0 Å². The van der Waals surface area contributed by atoms with Crippen molar-refractivity contribution in [2.24, 2.45) is 0 Å². The van der Waals surface area contributed by atoms with E-state index in [1.807, 2.05) is 26.0 Å². The molecule has 0 unspecified atom stereocenters. The van der Waals surface area contributed by atoms with Gasteiger partial charge in [-0.2, -0.15) is 0 Å². The van der Waals surface area contributed by atoms with Crippen LogP contribution < -0.4 is 10.0 Å². The van der Waals surface area contributed by atoms with Crippen LogP contribution in [0.15, 0.2) is 39.9 Å². The van der Waals surface area contributed by atoms with Crippen LogP contribution in [-0.4, -0.2) is 27.4 Å². The van der Waals surface area contributed by atoms with Gasteiger partial charge in [0.2, 0.25) is 10.0 Å². The monoisotopic (exact) mass is 338 g/mol. The molecule has 0 radical (unpaired) electrons. The van der Waals surface area contributed by atoms with Crippen molar-refractivity contribution in [3.8, 4) is 0 Å². The maximum Gasteiger partial charge on any atom is 0.251 e. The molecule has 0 atom stereocenters. The molecule has 2 aromatic rings. The topological polar surface area (TPSA) is 75.3 Å². The smallest absolute Gasteiger partial charge is 0.251 e. The highest BCUT2D eigenvalue weighted by molar-refractivity contribution is 7.91. The molecule has 0 saturated carbocycles. The van der Waals surface area contributed by atoms with Crippen molar-refractivity contribution in [3.05, 3.63) is 52.4 Å². The summed E-state index contributed by atoms with van der Waals surface area (Å²) in [5.74, 6) is -0.198. The molecule has 22 heavy (non-hydrogen) atoms. The van der Waals surface area contributed by atoms with E-state index in [0.29, 0.717) is 5.56 Å². The van der Waals surface area contributed by atoms with Crippen LogP contribution in [0.3, 0.4) is 0 Å². The summed E-state index contributed by atoms with van der Waals surface area (Å²) >= 11 is 1.16. The first-order valence-electron chi connectivity index (χ1n) is 6.79. The van der Waals surface area contributed by atoms with Crippen LogP contribution in [0.4, 0.5) is 0 Å². The zero-order valence-corrected chi connectivity index (χ0v) is 14.1. The highest BCUT2D eigenvalue weighted by Crippen LogP contribution is 2.15. The van der Waals surface area contributed by atoms with Gasteiger partial charge in [0.15, 0.2) is 0 Å². The summed E-state index contributed by atoms with van der Waals surface area (Å²) in [6, 6.07) is 8.76. The largest absolute Gasteiger partial charge is 0.351 e. The second-order valence-corrected chi connectivity index (χ2v) is 7.77. The minimum Gasteiger partial charge on any atom is -0.351 e. The van der Waals surface area contributed by atoms with Gasteiger partial charge in [-0.3, -0.25) is 4.79 Å². The zero-order valence-electron chi connectivity index (χ0n) is 12.4. The van der Waals surface area contributed by atoms with Crippen LogP contribution in [0.5, 0.6) is 0 Å². The predicted molar refractivity (Wildman–Crippen MR) is 87.8 cm³/mol. The average Bonchev–Trinajstić information content (AvgIpc) is 3.01. The first-order chi connectivity index (χ1) is 10.4. The first-order valence-corrected chi connectivity index (χ1v) is 9.15. The van der Waals surface area contributed by atoms with Crippen LogP contribution in [0.2, 0.25) is 0 Å². The lowest BCUT2D eigenvalue weighted by Gasteiger charge is -2.10. The Morgan fingerprint density at radius 3 is 2.59 bits per heavy atom. The number of benzene rings is 1. The summed E-state index contributed by atoms with van der Waals surface area (Å²) < 4.78 is 26.5. The summed E-state index contributed by atoms with van der Waals surface area (Å²) in [4.78, 5) is 12.1. The lowest BCUT2D eigenvalue weighted by molar-refractivity contribution is 0.0953. The number of sulfonamides is 1. The first kappa shape index (κ1) is 16.7.